The molecular formula is C37H37ClF2N2O6. The minimum Gasteiger partial charge on any atom is -0.494 e. The van der Waals surface area contributed by atoms with Crippen LogP contribution in [0.4, 0.5) is 13.6 Å². The number of amides is 2. The molecule has 0 bridgehead atoms. The molecule has 0 radical (unpaired) electrons. The van der Waals surface area contributed by atoms with Crippen LogP contribution in [0.15, 0.2) is 78.9 Å². The van der Waals surface area contributed by atoms with Gasteiger partial charge in [-0.1, -0.05) is 85.6 Å². The number of benzene rings is 4. The molecule has 252 valence electrons. The molecule has 0 aliphatic carbocycles. The van der Waals surface area contributed by atoms with Crippen LogP contribution in [0.1, 0.15) is 52.7 Å². The van der Waals surface area contributed by atoms with E-state index in [4.69, 9.17) is 36.3 Å². The lowest BCUT2D eigenvalue weighted by atomic mass is 9.76. The highest BCUT2D eigenvalue weighted by atomic mass is 35.5. The molecule has 0 saturated heterocycles. The van der Waals surface area contributed by atoms with E-state index in [1.807, 2.05) is 67.6 Å². The zero-order valence-corrected chi connectivity index (χ0v) is 27.7. The summed E-state index contributed by atoms with van der Waals surface area (Å²) < 4.78 is 55.9. The zero-order valence-electron chi connectivity index (χ0n) is 26.9. The van der Waals surface area contributed by atoms with E-state index in [9.17, 15) is 9.59 Å². The highest BCUT2D eigenvalue weighted by Gasteiger charge is 2.53. The second-order valence-electron chi connectivity index (χ2n) is 11.6. The van der Waals surface area contributed by atoms with Crippen LogP contribution in [0.3, 0.4) is 0 Å². The highest BCUT2D eigenvalue weighted by Crippen LogP contribution is 2.57. The van der Waals surface area contributed by atoms with Gasteiger partial charge in [-0.2, -0.15) is 0 Å². The number of unbranched alkanes of at least 4 members (excludes halogenated alkanes) is 1. The van der Waals surface area contributed by atoms with Gasteiger partial charge in [0.1, 0.15) is 11.6 Å². The molecule has 4 aromatic carbocycles. The number of nitrogens with two attached hydrogens (primary N) is 1. The third kappa shape index (κ3) is 6.81. The molecule has 1 heterocycles. The van der Waals surface area contributed by atoms with Gasteiger partial charge in [0, 0.05) is 29.8 Å². The molecule has 2 amide bonds. The summed E-state index contributed by atoms with van der Waals surface area (Å²) >= 11 is 6.70. The van der Waals surface area contributed by atoms with E-state index in [1.165, 1.54) is 24.1 Å². The van der Waals surface area contributed by atoms with Crippen LogP contribution in [0, 0.1) is 11.6 Å². The van der Waals surface area contributed by atoms with E-state index in [-0.39, 0.29) is 60.1 Å². The normalized spacial score (nSPS) is 16.6. The SMILES string of the molecule is CCCCOC(=O)N(C)C[C@]1(c2ccccc2)Oc2cc(F)c(Cl)c(-c3c(C(N)=O)ccc(OC)c3F)c2[C@@H]1COCc1ccccc1. The summed E-state index contributed by atoms with van der Waals surface area (Å²) in [6.07, 6.45) is 0.950. The van der Waals surface area contributed by atoms with Gasteiger partial charge in [-0.25, -0.2) is 13.6 Å². The van der Waals surface area contributed by atoms with Crippen molar-refractivity contribution in [3.8, 4) is 22.6 Å². The van der Waals surface area contributed by atoms with E-state index in [0.29, 0.717) is 12.0 Å². The summed E-state index contributed by atoms with van der Waals surface area (Å²) in [7, 11) is 2.84. The Morgan fingerprint density at radius 2 is 1.71 bits per heavy atom. The lowest BCUT2D eigenvalue weighted by Gasteiger charge is -2.38. The van der Waals surface area contributed by atoms with Gasteiger partial charge in [0.2, 0.25) is 5.91 Å². The molecule has 2 N–H and O–H groups in total. The number of hydrogen-bond donors (Lipinski definition) is 1. The van der Waals surface area contributed by atoms with E-state index in [2.05, 4.69) is 0 Å². The molecule has 1 aliphatic heterocycles. The van der Waals surface area contributed by atoms with Gasteiger partial charge in [0.25, 0.3) is 0 Å². The molecule has 0 aromatic heterocycles. The fourth-order valence-corrected chi connectivity index (χ4v) is 6.34. The Balaban J connectivity index is 1.74. The number of rotatable bonds is 13. The molecule has 1 aliphatic rings. The van der Waals surface area contributed by atoms with E-state index < -0.39 is 40.2 Å². The van der Waals surface area contributed by atoms with Crippen LogP contribution in [0.25, 0.3) is 11.1 Å². The summed E-state index contributed by atoms with van der Waals surface area (Å²) in [6, 6.07) is 22.3. The van der Waals surface area contributed by atoms with Gasteiger partial charge in [0.05, 0.1) is 50.0 Å². The maximum Gasteiger partial charge on any atom is 0.409 e. The molecule has 5 rings (SSSR count). The van der Waals surface area contributed by atoms with Crippen molar-refractivity contribution in [1.82, 2.24) is 4.90 Å². The molecule has 0 spiro atoms. The van der Waals surface area contributed by atoms with E-state index >= 15 is 8.78 Å². The summed E-state index contributed by atoms with van der Waals surface area (Å²) in [5.74, 6) is -3.83. The summed E-state index contributed by atoms with van der Waals surface area (Å²) in [5, 5.41) is -0.448. The average molecular weight is 679 g/mol. The number of methoxy groups -OCH3 is 1. The zero-order chi connectivity index (χ0) is 34.4. The van der Waals surface area contributed by atoms with Crippen LogP contribution < -0.4 is 15.2 Å². The number of hydrogen-bond acceptors (Lipinski definition) is 6. The predicted octanol–water partition coefficient (Wildman–Crippen LogP) is 7.85. The van der Waals surface area contributed by atoms with Crippen molar-refractivity contribution in [2.45, 2.75) is 37.9 Å². The number of carbonyl (C=O) groups is 2. The fourth-order valence-electron chi connectivity index (χ4n) is 6.09. The summed E-state index contributed by atoms with van der Waals surface area (Å²) in [6.45, 7) is 2.32. The monoisotopic (exact) mass is 678 g/mol. The predicted molar refractivity (Wildman–Crippen MR) is 178 cm³/mol. The summed E-state index contributed by atoms with van der Waals surface area (Å²) in [5.41, 5.74) is 5.41. The number of likely N-dealkylation sites (N-methyl/N-ethyl adjacent to an activating group) is 1. The van der Waals surface area contributed by atoms with Crippen molar-refractivity contribution in [2.75, 3.05) is 33.9 Å². The minimum atomic E-state index is -1.41. The topological polar surface area (TPSA) is 100 Å². The number of nitrogens with zero attached hydrogens (tertiary/aromatic N) is 1. The van der Waals surface area contributed by atoms with E-state index in [1.54, 1.807) is 7.05 Å². The molecule has 4 aromatic rings. The minimum absolute atomic E-state index is 0.0365. The third-order valence-electron chi connectivity index (χ3n) is 8.43. The Hall–Kier alpha value is -4.67. The molecule has 0 unspecified atom stereocenters. The Morgan fingerprint density at radius 3 is 2.35 bits per heavy atom. The lowest BCUT2D eigenvalue weighted by molar-refractivity contribution is -0.00808. The second kappa shape index (κ2) is 15.0. The molecule has 11 heteroatoms. The van der Waals surface area contributed by atoms with Crippen LogP contribution in [-0.4, -0.2) is 50.8 Å². The Labute approximate surface area is 283 Å². The number of halogens is 3. The van der Waals surface area contributed by atoms with Crippen LogP contribution in [0.2, 0.25) is 5.02 Å². The van der Waals surface area contributed by atoms with Crippen molar-refractivity contribution in [1.29, 1.82) is 0 Å². The quantitative estimate of drug-likeness (QED) is 0.145. The molecular weight excluding hydrogens is 642 g/mol. The first-order valence-corrected chi connectivity index (χ1v) is 15.9. The maximum atomic E-state index is 16.3. The lowest BCUT2D eigenvalue weighted by Crippen LogP contribution is -2.48. The summed E-state index contributed by atoms with van der Waals surface area (Å²) in [4.78, 5) is 27.3. The largest absolute Gasteiger partial charge is 0.494 e. The molecule has 2 atom stereocenters. The van der Waals surface area contributed by atoms with E-state index in [0.717, 1.165) is 18.1 Å². The first-order chi connectivity index (χ1) is 23.1. The van der Waals surface area contributed by atoms with Crippen LogP contribution in [0.5, 0.6) is 11.5 Å². The smallest absolute Gasteiger partial charge is 0.409 e. The highest BCUT2D eigenvalue weighted by molar-refractivity contribution is 6.34. The van der Waals surface area contributed by atoms with Gasteiger partial charge in [0.15, 0.2) is 17.2 Å². The number of primary amides is 1. The van der Waals surface area contributed by atoms with Gasteiger partial charge in [-0.15, -0.1) is 0 Å². The van der Waals surface area contributed by atoms with Gasteiger partial charge in [-0.05, 0) is 29.7 Å². The van der Waals surface area contributed by atoms with Gasteiger partial charge in [-0.3, -0.25) is 4.79 Å². The van der Waals surface area contributed by atoms with Crippen LogP contribution >= 0.6 is 11.6 Å². The van der Waals surface area contributed by atoms with Crippen LogP contribution in [-0.2, 0) is 21.7 Å². The van der Waals surface area contributed by atoms with Gasteiger partial charge >= 0.3 is 6.09 Å². The average Bonchev–Trinajstić information content (AvgIpc) is 3.39. The molecule has 0 saturated carbocycles. The first-order valence-electron chi connectivity index (χ1n) is 15.6. The first kappa shape index (κ1) is 34.7. The number of ether oxygens (including phenoxy) is 4. The second-order valence-corrected chi connectivity index (χ2v) is 11.9. The molecule has 48 heavy (non-hydrogen) atoms. The molecule has 0 fully saturated rings. The number of carbonyl (C=O) groups excluding carboxylic acids is 2. The van der Waals surface area contributed by atoms with Crippen molar-refractivity contribution >= 4 is 23.6 Å². The van der Waals surface area contributed by atoms with Crippen molar-refractivity contribution in [3.05, 3.63) is 118 Å². The Morgan fingerprint density at radius 1 is 1.02 bits per heavy atom. The molecule has 8 nitrogen and oxygen atoms in total. The van der Waals surface area contributed by atoms with Gasteiger partial charge < -0.3 is 29.6 Å². The Kier molecular flexibility index (Phi) is 10.9. The maximum absolute atomic E-state index is 16.3. The van der Waals surface area contributed by atoms with Crippen molar-refractivity contribution in [3.63, 3.8) is 0 Å². The van der Waals surface area contributed by atoms with Crippen molar-refractivity contribution < 1.29 is 37.3 Å². The number of fused-ring (bicyclic) bond motifs is 1. The fraction of sp³-hybridized carbons (Fsp3) is 0.297. The third-order valence-corrected chi connectivity index (χ3v) is 8.80. The standard InChI is InChI=1S/C37H37ClF2N2O6/c1-4-5-18-47-36(44)42(2)22-37(24-14-10-7-11-15-24)26(21-46-20-23-12-8-6-9-13-23)31-29(48-37)19-27(39)33(38)32(31)30-25(35(41)43)16-17-28(45-3)34(30)40/h6-17,19,26H,4-5,18,20-22H2,1-3H3,(H2,41,43)/t26-,37+/m0/s1. The van der Waals surface area contributed by atoms with Crippen molar-refractivity contribution in [2.24, 2.45) is 5.73 Å². The Bertz CT molecular complexity index is 1780.